The Balaban J connectivity index is 1.91. The van der Waals surface area contributed by atoms with E-state index in [1.165, 1.54) is 0 Å². The van der Waals surface area contributed by atoms with Crippen LogP contribution < -0.4 is 14.8 Å². The molecule has 1 aromatic heterocycles. The number of ether oxygens (including phenoxy) is 2. The zero-order chi connectivity index (χ0) is 13.2. The van der Waals surface area contributed by atoms with Gasteiger partial charge in [-0.2, -0.15) is 10.2 Å². The molecular weight excluding hydrogens is 242 g/mol. The number of nitrogens with zero attached hydrogens (tertiary/aromatic N) is 2. The van der Waals surface area contributed by atoms with E-state index >= 15 is 0 Å². The fraction of sp³-hybridized carbons (Fsp3) is 0.429. The molecule has 0 radical (unpaired) electrons. The van der Waals surface area contributed by atoms with Crippen LogP contribution in [-0.2, 0) is 0 Å². The van der Waals surface area contributed by atoms with Gasteiger partial charge < -0.3 is 14.8 Å². The van der Waals surface area contributed by atoms with Gasteiger partial charge in [0, 0.05) is 18.0 Å². The molecule has 5 heteroatoms. The zero-order valence-corrected chi connectivity index (χ0v) is 11.1. The lowest BCUT2D eigenvalue weighted by Crippen LogP contribution is -2.05. The molecule has 0 amide bonds. The fourth-order valence-corrected chi connectivity index (χ4v) is 2.08. The van der Waals surface area contributed by atoms with Crippen LogP contribution in [-0.4, -0.2) is 23.5 Å². The van der Waals surface area contributed by atoms with Crippen LogP contribution in [0.4, 0.5) is 5.69 Å². The van der Waals surface area contributed by atoms with Crippen molar-refractivity contribution in [2.45, 2.75) is 20.3 Å². The Morgan fingerprint density at radius 1 is 1.26 bits per heavy atom. The minimum atomic E-state index is 0.273. The van der Waals surface area contributed by atoms with Crippen molar-refractivity contribution in [2.24, 2.45) is 5.92 Å². The van der Waals surface area contributed by atoms with Crippen LogP contribution in [0, 0.1) is 5.92 Å². The van der Waals surface area contributed by atoms with Crippen LogP contribution in [0.25, 0.3) is 10.9 Å². The van der Waals surface area contributed by atoms with Crippen molar-refractivity contribution in [3.63, 3.8) is 0 Å². The molecule has 0 atom stereocenters. The summed E-state index contributed by atoms with van der Waals surface area (Å²) < 4.78 is 10.8. The Bertz CT molecular complexity index is 599. The van der Waals surface area contributed by atoms with Crippen LogP contribution in [0.5, 0.6) is 11.5 Å². The number of hydrogen-bond donors (Lipinski definition) is 1. The van der Waals surface area contributed by atoms with Gasteiger partial charge in [-0.1, -0.05) is 13.8 Å². The lowest BCUT2D eigenvalue weighted by atomic mass is 10.1. The summed E-state index contributed by atoms with van der Waals surface area (Å²) in [4.78, 5) is 0. The molecular formula is C14H17N3O2. The van der Waals surface area contributed by atoms with Gasteiger partial charge in [-0.25, -0.2) is 0 Å². The molecule has 0 bridgehead atoms. The van der Waals surface area contributed by atoms with Crippen molar-refractivity contribution < 1.29 is 9.47 Å². The monoisotopic (exact) mass is 259 g/mol. The summed E-state index contributed by atoms with van der Waals surface area (Å²) in [6, 6.07) is 3.84. The van der Waals surface area contributed by atoms with Gasteiger partial charge in [0.15, 0.2) is 11.5 Å². The summed E-state index contributed by atoms with van der Waals surface area (Å²) in [6.07, 6.45) is 2.87. The molecule has 0 saturated heterocycles. The molecule has 1 N–H and O–H groups in total. The third-order valence-corrected chi connectivity index (χ3v) is 3.17. The first-order valence-electron chi connectivity index (χ1n) is 6.53. The highest BCUT2D eigenvalue weighted by Crippen LogP contribution is 2.37. The maximum absolute atomic E-state index is 5.41. The first kappa shape index (κ1) is 12.0. The van der Waals surface area contributed by atoms with Crippen molar-refractivity contribution in [3.05, 3.63) is 18.3 Å². The van der Waals surface area contributed by atoms with Gasteiger partial charge in [-0.15, -0.1) is 0 Å². The first-order chi connectivity index (χ1) is 9.24. The van der Waals surface area contributed by atoms with Gasteiger partial charge in [-0.3, -0.25) is 0 Å². The van der Waals surface area contributed by atoms with Crippen molar-refractivity contribution in [1.29, 1.82) is 0 Å². The highest BCUT2D eigenvalue weighted by molar-refractivity contribution is 5.92. The molecule has 1 aromatic carbocycles. The Labute approximate surface area is 111 Å². The molecule has 0 saturated carbocycles. The minimum absolute atomic E-state index is 0.273. The normalized spacial score (nSPS) is 13.2. The molecule has 0 unspecified atom stereocenters. The van der Waals surface area contributed by atoms with Crippen LogP contribution in [0.15, 0.2) is 18.3 Å². The third-order valence-electron chi connectivity index (χ3n) is 3.17. The number of aromatic nitrogens is 2. The SMILES string of the molecule is CC(C)CCNc1cnnc2cc3c(cc12)OCO3. The largest absolute Gasteiger partial charge is 0.454 e. The fourth-order valence-electron chi connectivity index (χ4n) is 2.08. The lowest BCUT2D eigenvalue weighted by Gasteiger charge is -2.10. The Morgan fingerprint density at radius 2 is 2.05 bits per heavy atom. The van der Waals surface area contributed by atoms with Crippen molar-refractivity contribution >= 4 is 16.6 Å². The van der Waals surface area contributed by atoms with E-state index in [0.717, 1.165) is 41.1 Å². The second kappa shape index (κ2) is 4.91. The molecule has 2 aromatic rings. The molecule has 0 spiro atoms. The number of fused-ring (bicyclic) bond motifs is 2. The highest BCUT2D eigenvalue weighted by Gasteiger charge is 2.16. The summed E-state index contributed by atoms with van der Waals surface area (Å²) in [5.74, 6) is 2.18. The quantitative estimate of drug-likeness (QED) is 0.915. The van der Waals surface area contributed by atoms with Crippen molar-refractivity contribution in [1.82, 2.24) is 10.2 Å². The van der Waals surface area contributed by atoms with Gasteiger partial charge in [-0.05, 0) is 18.4 Å². The van der Waals surface area contributed by atoms with Crippen LogP contribution in [0.1, 0.15) is 20.3 Å². The van der Waals surface area contributed by atoms with E-state index in [0.29, 0.717) is 5.92 Å². The number of nitrogens with one attached hydrogen (secondary N) is 1. The first-order valence-corrected chi connectivity index (χ1v) is 6.53. The van der Waals surface area contributed by atoms with Crippen LogP contribution in [0.2, 0.25) is 0 Å². The van der Waals surface area contributed by atoms with Crippen LogP contribution in [0.3, 0.4) is 0 Å². The predicted molar refractivity (Wildman–Crippen MR) is 73.6 cm³/mol. The molecule has 0 fully saturated rings. The molecule has 100 valence electrons. The zero-order valence-electron chi connectivity index (χ0n) is 11.1. The molecule has 2 heterocycles. The van der Waals surface area contributed by atoms with Gasteiger partial charge in [0.1, 0.15) is 0 Å². The molecule has 19 heavy (non-hydrogen) atoms. The van der Waals surface area contributed by atoms with E-state index in [4.69, 9.17) is 9.47 Å². The maximum atomic E-state index is 5.41. The second-order valence-electron chi connectivity index (χ2n) is 5.09. The van der Waals surface area contributed by atoms with E-state index in [9.17, 15) is 0 Å². The number of hydrogen-bond acceptors (Lipinski definition) is 5. The smallest absolute Gasteiger partial charge is 0.231 e. The Hall–Kier alpha value is -2.04. The average Bonchev–Trinajstić information content (AvgIpc) is 2.83. The summed E-state index contributed by atoms with van der Waals surface area (Å²) in [5.41, 5.74) is 1.81. The van der Waals surface area contributed by atoms with Crippen molar-refractivity contribution in [2.75, 3.05) is 18.7 Å². The van der Waals surface area contributed by atoms with E-state index in [1.807, 2.05) is 12.1 Å². The average molecular weight is 259 g/mol. The minimum Gasteiger partial charge on any atom is -0.454 e. The molecule has 0 aliphatic carbocycles. The summed E-state index contributed by atoms with van der Waals surface area (Å²) in [5, 5.41) is 12.6. The summed E-state index contributed by atoms with van der Waals surface area (Å²) in [6.45, 7) is 5.62. The van der Waals surface area contributed by atoms with E-state index in [2.05, 4.69) is 29.4 Å². The summed E-state index contributed by atoms with van der Waals surface area (Å²) >= 11 is 0. The third kappa shape index (κ3) is 2.41. The standard InChI is InChI=1S/C14H17N3O2/c1-9(2)3-4-15-12-7-16-17-11-6-14-13(5-10(11)12)18-8-19-14/h5-7,9H,3-4,8H2,1-2H3,(H,15,17). The maximum Gasteiger partial charge on any atom is 0.231 e. The molecule has 5 nitrogen and oxygen atoms in total. The Morgan fingerprint density at radius 3 is 2.84 bits per heavy atom. The van der Waals surface area contributed by atoms with Gasteiger partial charge in [0.25, 0.3) is 0 Å². The molecule has 3 rings (SSSR count). The summed E-state index contributed by atoms with van der Waals surface area (Å²) in [7, 11) is 0. The van der Waals surface area contributed by atoms with Crippen LogP contribution >= 0.6 is 0 Å². The van der Waals surface area contributed by atoms with Crippen molar-refractivity contribution in [3.8, 4) is 11.5 Å². The lowest BCUT2D eigenvalue weighted by molar-refractivity contribution is 0.174. The van der Waals surface area contributed by atoms with E-state index in [1.54, 1.807) is 6.20 Å². The van der Waals surface area contributed by atoms with Gasteiger partial charge in [0.2, 0.25) is 6.79 Å². The highest BCUT2D eigenvalue weighted by atomic mass is 16.7. The van der Waals surface area contributed by atoms with Gasteiger partial charge >= 0.3 is 0 Å². The molecule has 1 aliphatic heterocycles. The topological polar surface area (TPSA) is 56.3 Å². The predicted octanol–water partition coefficient (Wildman–Crippen LogP) is 2.82. The molecule has 1 aliphatic rings. The number of anilines is 1. The van der Waals surface area contributed by atoms with E-state index in [-0.39, 0.29) is 6.79 Å². The number of benzene rings is 1. The number of rotatable bonds is 4. The van der Waals surface area contributed by atoms with Gasteiger partial charge in [0.05, 0.1) is 17.4 Å². The second-order valence-corrected chi connectivity index (χ2v) is 5.09. The van der Waals surface area contributed by atoms with E-state index < -0.39 is 0 Å². The Kier molecular flexibility index (Phi) is 3.11.